The summed E-state index contributed by atoms with van der Waals surface area (Å²) in [6.45, 7) is 2.65. The molecule has 0 aromatic rings. The topological polar surface area (TPSA) is 26.3 Å². The molecule has 3 fully saturated rings. The van der Waals surface area contributed by atoms with E-state index in [1.54, 1.807) is 77.0 Å². The Morgan fingerprint density at radius 2 is 1.13 bits per heavy atom. The predicted molar refractivity (Wildman–Crippen MR) is 115 cm³/mol. The number of hydrogen-bond acceptors (Lipinski definition) is 2. The minimum Gasteiger partial charge on any atom is -0.455 e. The molecular formula is C23H38F3O2PPd. The first-order valence-corrected chi connectivity index (χ1v) is 13.1. The second-order valence-corrected chi connectivity index (χ2v) is 11.8. The quantitative estimate of drug-likeness (QED) is 0.154. The largest absolute Gasteiger partial charge is 0.490 e. The third-order valence-electron chi connectivity index (χ3n) is 6.55. The average molecular weight is 541 g/mol. The normalized spacial score (nSPS) is 21.9. The van der Waals surface area contributed by atoms with Gasteiger partial charge in [-0.15, -0.1) is 0 Å². The maximum atomic E-state index is 11.3. The number of carbonyl (C=O) groups excluding carboxylic acids is 1. The Kier molecular flexibility index (Phi) is 14.1. The second-order valence-electron chi connectivity index (χ2n) is 8.71. The van der Waals surface area contributed by atoms with E-state index in [1.165, 1.54) is 36.2 Å². The van der Waals surface area contributed by atoms with Gasteiger partial charge in [0.05, 0.1) is 0 Å². The molecule has 2 nitrogen and oxygen atoms in total. The molecule has 3 aliphatic carbocycles. The molecule has 0 amide bonds. The summed E-state index contributed by atoms with van der Waals surface area (Å²) in [6.07, 6.45) is 19.8. The fraction of sp³-hybridized carbons (Fsp3) is 0.870. The molecule has 0 aromatic carbocycles. The van der Waals surface area contributed by atoms with Crippen LogP contribution in [-0.4, -0.2) is 35.7 Å². The Hall–Kier alpha value is 0.0923. The first-order chi connectivity index (χ1) is 13.9. The Morgan fingerprint density at radius 3 is 1.40 bits per heavy atom. The number of alkyl halides is 3. The van der Waals surface area contributed by atoms with Crippen molar-refractivity contribution in [2.24, 2.45) is 0 Å². The first kappa shape index (κ1) is 28.1. The van der Waals surface area contributed by atoms with Crippen molar-refractivity contribution in [1.82, 2.24) is 0 Å². The standard InChI is InChI=1S/C18H33P.C5H5F3O2.Pd/c1-4-10-16(11-5-1)19(17-12-6-2-7-13-17)18-14-8-3-9-15-18;1-2-3-10-4(9)5(6,7)8;/h16-18H,1-15H2;2H,1,3H2;. The van der Waals surface area contributed by atoms with Crippen LogP contribution in [0.5, 0.6) is 0 Å². The van der Waals surface area contributed by atoms with Gasteiger partial charge in [-0.3, -0.25) is 0 Å². The van der Waals surface area contributed by atoms with E-state index in [1.807, 2.05) is 0 Å². The van der Waals surface area contributed by atoms with E-state index in [0.29, 0.717) is 7.92 Å². The van der Waals surface area contributed by atoms with E-state index in [4.69, 9.17) is 0 Å². The van der Waals surface area contributed by atoms with Crippen LogP contribution < -0.4 is 0 Å². The van der Waals surface area contributed by atoms with Gasteiger partial charge in [0.15, 0.2) is 0 Å². The summed E-state index contributed by atoms with van der Waals surface area (Å²) in [4.78, 5) is 9.83. The second kappa shape index (κ2) is 15.0. The third-order valence-corrected chi connectivity index (χ3v) is 10.6. The van der Waals surface area contributed by atoms with Crippen molar-refractivity contribution in [3.8, 4) is 0 Å². The number of esters is 1. The average Bonchev–Trinajstić information content (AvgIpc) is 2.74. The summed E-state index contributed by atoms with van der Waals surface area (Å²) in [5.74, 6) is -2.19. The Balaban J connectivity index is 0.000000354. The molecule has 178 valence electrons. The van der Waals surface area contributed by atoms with E-state index in [9.17, 15) is 18.0 Å². The van der Waals surface area contributed by atoms with Crippen molar-refractivity contribution in [1.29, 1.82) is 0 Å². The maximum absolute atomic E-state index is 11.3. The molecule has 3 saturated carbocycles. The van der Waals surface area contributed by atoms with Gasteiger partial charge in [0.25, 0.3) is 0 Å². The monoisotopic (exact) mass is 540 g/mol. The molecule has 3 aliphatic rings. The summed E-state index contributed by atoms with van der Waals surface area (Å²) in [6, 6.07) is 0. The van der Waals surface area contributed by atoms with Gasteiger partial charge in [0.1, 0.15) is 6.61 Å². The number of carbonyl (C=O) groups is 1. The van der Waals surface area contributed by atoms with Gasteiger partial charge in [0.2, 0.25) is 0 Å². The van der Waals surface area contributed by atoms with Crippen molar-refractivity contribution in [3.05, 3.63) is 12.7 Å². The van der Waals surface area contributed by atoms with Gasteiger partial charge in [-0.1, -0.05) is 78.4 Å². The van der Waals surface area contributed by atoms with Crippen LogP contribution in [0.4, 0.5) is 13.2 Å². The zero-order valence-electron chi connectivity index (χ0n) is 18.0. The molecule has 0 heterocycles. The molecule has 0 bridgehead atoms. The van der Waals surface area contributed by atoms with Gasteiger partial charge >= 0.3 is 12.1 Å². The third kappa shape index (κ3) is 9.71. The first-order valence-electron chi connectivity index (χ1n) is 11.6. The van der Waals surface area contributed by atoms with Crippen LogP contribution in [0.3, 0.4) is 0 Å². The number of halogens is 3. The van der Waals surface area contributed by atoms with Crippen LogP contribution in [-0.2, 0) is 30.0 Å². The fourth-order valence-electron chi connectivity index (χ4n) is 5.25. The van der Waals surface area contributed by atoms with Crippen LogP contribution in [0.1, 0.15) is 96.3 Å². The molecular weight excluding hydrogens is 503 g/mol. The van der Waals surface area contributed by atoms with Crippen molar-refractivity contribution in [2.45, 2.75) is 119 Å². The van der Waals surface area contributed by atoms with E-state index < -0.39 is 18.8 Å². The van der Waals surface area contributed by atoms with Gasteiger partial charge in [0, 0.05) is 20.4 Å². The SMILES string of the molecule is C1CCC(P(C2CCCCC2)C2CCCCC2)CC1.C=CCOC(=O)C(F)(F)F.[Pd]. The molecule has 3 rings (SSSR count). The van der Waals surface area contributed by atoms with Gasteiger partial charge in [-0.25, -0.2) is 4.79 Å². The Bertz CT molecular complexity index is 441. The smallest absolute Gasteiger partial charge is 0.455 e. The van der Waals surface area contributed by atoms with Crippen molar-refractivity contribution < 1.29 is 43.1 Å². The molecule has 0 spiro atoms. The van der Waals surface area contributed by atoms with Crippen LogP contribution in [0.15, 0.2) is 12.7 Å². The van der Waals surface area contributed by atoms with Crippen molar-refractivity contribution >= 4 is 13.9 Å². The van der Waals surface area contributed by atoms with E-state index in [-0.39, 0.29) is 20.4 Å². The molecule has 0 radical (unpaired) electrons. The van der Waals surface area contributed by atoms with Crippen LogP contribution in [0.2, 0.25) is 0 Å². The van der Waals surface area contributed by atoms with Crippen molar-refractivity contribution in [2.75, 3.05) is 6.61 Å². The van der Waals surface area contributed by atoms with Crippen LogP contribution in [0, 0.1) is 0 Å². The summed E-state index contributed by atoms with van der Waals surface area (Å²) in [5, 5.41) is 0. The van der Waals surface area contributed by atoms with E-state index in [2.05, 4.69) is 11.3 Å². The van der Waals surface area contributed by atoms with Crippen molar-refractivity contribution in [3.63, 3.8) is 0 Å². The van der Waals surface area contributed by atoms with Gasteiger partial charge in [-0.2, -0.15) is 13.2 Å². The molecule has 0 unspecified atom stereocenters. The van der Waals surface area contributed by atoms with Gasteiger partial charge < -0.3 is 4.74 Å². The van der Waals surface area contributed by atoms with Crippen LogP contribution >= 0.6 is 7.92 Å². The predicted octanol–water partition coefficient (Wildman–Crippen LogP) is 7.74. The molecule has 0 atom stereocenters. The Morgan fingerprint density at radius 1 is 0.800 bits per heavy atom. The fourth-order valence-corrected chi connectivity index (χ4v) is 9.92. The summed E-state index contributed by atoms with van der Waals surface area (Å²) in [7, 11) is 0.385. The molecule has 0 N–H and O–H groups in total. The zero-order valence-corrected chi connectivity index (χ0v) is 20.5. The number of rotatable bonds is 5. The van der Waals surface area contributed by atoms with E-state index >= 15 is 0 Å². The van der Waals surface area contributed by atoms with Crippen LogP contribution in [0.25, 0.3) is 0 Å². The molecule has 7 heteroatoms. The molecule has 0 aromatic heterocycles. The molecule has 0 saturated heterocycles. The summed E-state index contributed by atoms with van der Waals surface area (Å²) >= 11 is 0. The summed E-state index contributed by atoms with van der Waals surface area (Å²) < 4.78 is 37.5. The minimum absolute atomic E-state index is 0. The van der Waals surface area contributed by atoms with E-state index in [0.717, 1.165) is 6.08 Å². The molecule has 0 aliphatic heterocycles. The number of ether oxygens (including phenoxy) is 1. The molecule has 30 heavy (non-hydrogen) atoms. The number of hydrogen-bond donors (Lipinski definition) is 0. The zero-order chi connectivity index (χ0) is 21.1. The minimum atomic E-state index is -4.90. The van der Waals surface area contributed by atoms with Gasteiger partial charge in [-0.05, 0) is 55.5 Å². The Labute approximate surface area is 195 Å². The maximum Gasteiger partial charge on any atom is 0.490 e. The summed E-state index contributed by atoms with van der Waals surface area (Å²) in [5.41, 5.74) is 3.57.